The number of amides is 3. The maximum absolute atomic E-state index is 13.0. The lowest BCUT2D eigenvalue weighted by molar-refractivity contribution is -0.136. The van der Waals surface area contributed by atoms with Crippen molar-refractivity contribution in [1.82, 2.24) is 15.1 Å². The predicted molar refractivity (Wildman–Crippen MR) is 117 cm³/mol. The fourth-order valence-electron chi connectivity index (χ4n) is 2.91. The number of benzene rings is 1. The van der Waals surface area contributed by atoms with Crippen LogP contribution in [0.5, 0.6) is 0 Å². The van der Waals surface area contributed by atoms with E-state index in [1.165, 1.54) is 11.0 Å². The minimum absolute atomic E-state index is 0.116. The lowest BCUT2D eigenvalue weighted by atomic mass is 10.1. The Morgan fingerprint density at radius 2 is 1.57 bits per heavy atom. The molecule has 0 aliphatic heterocycles. The highest BCUT2D eigenvalue weighted by Crippen LogP contribution is 2.07. The van der Waals surface area contributed by atoms with Crippen molar-refractivity contribution < 1.29 is 19.2 Å². The van der Waals surface area contributed by atoms with Gasteiger partial charge in [-0.25, -0.2) is 0 Å². The summed E-state index contributed by atoms with van der Waals surface area (Å²) in [6.45, 7) is 5.14. The minimum atomic E-state index is -0.823. The van der Waals surface area contributed by atoms with Crippen LogP contribution in [0.25, 0.3) is 0 Å². The monoisotopic (exact) mass is 415 g/mol. The first kappa shape index (κ1) is 25.1. The molecule has 0 radical (unpaired) electrons. The van der Waals surface area contributed by atoms with E-state index in [4.69, 9.17) is 0 Å². The maximum atomic E-state index is 13.0. The number of nitrogens with zero attached hydrogens (tertiary/aromatic N) is 2. The summed E-state index contributed by atoms with van der Waals surface area (Å²) in [5.41, 5.74) is 0.475. The molecule has 0 heterocycles. The smallest absolute Gasteiger partial charge is 0.245 e. The van der Waals surface area contributed by atoms with Crippen molar-refractivity contribution >= 4 is 23.5 Å². The first-order valence-corrected chi connectivity index (χ1v) is 10.4. The van der Waals surface area contributed by atoms with Crippen LogP contribution in [0.4, 0.5) is 0 Å². The molecule has 1 aromatic rings. The quantitative estimate of drug-likeness (QED) is 0.420. The Hall–Kier alpha value is -2.96. The molecule has 30 heavy (non-hydrogen) atoms. The van der Waals surface area contributed by atoms with Crippen molar-refractivity contribution in [2.75, 3.05) is 27.2 Å². The summed E-state index contributed by atoms with van der Waals surface area (Å²) in [5, 5.41) is 2.68. The molecule has 7 heteroatoms. The predicted octanol–water partition coefficient (Wildman–Crippen LogP) is 2.43. The van der Waals surface area contributed by atoms with E-state index in [1.54, 1.807) is 49.3 Å². The van der Waals surface area contributed by atoms with Crippen LogP contribution < -0.4 is 5.32 Å². The zero-order chi connectivity index (χ0) is 22.5. The normalized spacial score (nSPS) is 11.7. The van der Waals surface area contributed by atoms with Gasteiger partial charge in [0.15, 0.2) is 5.78 Å². The molecule has 0 bridgehead atoms. The molecular weight excluding hydrogens is 382 g/mol. The number of rotatable bonds is 12. The molecule has 0 aromatic heterocycles. The minimum Gasteiger partial charge on any atom is -0.349 e. The first-order valence-electron chi connectivity index (χ1n) is 10.4. The average Bonchev–Trinajstić information content (AvgIpc) is 2.74. The van der Waals surface area contributed by atoms with Crippen LogP contribution in [0.2, 0.25) is 0 Å². The third kappa shape index (κ3) is 8.59. The van der Waals surface area contributed by atoms with Crippen molar-refractivity contribution in [3.63, 3.8) is 0 Å². The molecule has 1 unspecified atom stereocenters. The molecule has 0 spiro atoms. The van der Waals surface area contributed by atoms with Crippen molar-refractivity contribution in [1.29, 1.82) is 0 Å². The summed E-state index contributed by atoms with van der Waals surface area (Å²) in [6, 6.07) is 7.79. The number of carbonyl (C=O) groups excluding carboxylic acids is 4. The molecule has 1 N–H and O–H groups in total. The second-order valence-electron chi connectivity index (χ2n) is 7.28. The molecule has 0 saturated heterocycles. The van der Waals surface area contributed by atoms with Gasteiger partial charge in [0.2, 0.25) is 17.7 Å². The zero-order valence-electron chi connectivity index (χ0n) is 18.4. The Morgan fingerprint density at radius 1 is 0.967 bits per heavy atom. The van der Waals surface area contributed by atoms with E-state index in [9.17, 15) is 19.2 Å². The van der Waals surface area contributed by atoms with Crippen molar-refractivity contribution in [2.24, 2.45) is 0 Å². The topological polar surface area (TPSA) is 86.8 Å². The van der Waals surface area contributed by atoms with Crippen molar-refractivity contribution in [3.8, 4) is 0 Å². The van der Waals surface area contributed by atoms with Crippen LogP contribution in [-0.4, -0.2) is 66.5 Å². The van der Waals surface area contributed by atoms with E-state index in [1.807, 2.05) is 13.8 Å². The summed E-state index contributed by atoms with van der Waals surface area (Å²) in [7, 11) is 3.30. The SMILES string of the molecule is CCCN(CCC)C(=O)C(CCC(=O)N(C)C)NC(=O)/C=C/C(=O)c1ccccc1. The number of hydrogen-bond acceptors (Lipinski definition) is 4. The van der Waals surface area contributed by atoms with Crippen LogP contribution in [0.3, 0.4) is 0 Å². The molecule has 0 fully saturated rings. The Balaban J connectivity index is 2.87. The van der Waals surface area contributed by atoms with Crippen LogP contribution in [0.15, 0.2) is 42.5 Å². The van der Waals surface area contributed by atoms with Crippen LogP contribution in [0, 0.1) is 0 Å². The van der Waals surface area contributed by atoms with Crippen LogP contribution >= 0.6 is 0 Å². The average molecular weight is 416 g/mol. The molecule has 0 saturated carbocycles. The lowest BCUT2D eigenvalue weighted by Gasteiger charge is -2.27. The van der Waals surface area contributed by atoms with Gasteiger partial charge >= 0.3 is 0 Å². The zero-order valence-corrected chi connectivity index (χ0v) is 18.4. The van der Waals surface area contributed by atoms with Gasteiger partial charge in [-0.2, -0.15) is 0 Å². The standard InChI is InChI=1S/C23H33N3O4/c1-5-16-26(17-6-2)23(30)19(12-15-22(29)25(3)4)24-21(28)14-13-20(27)18-10-8-7-9-11-18/h7-11,13-14,19H,5-6,12,15-17H2,1-4H3,(H,24,28)/b14-13+. The van der Waals surface area contributed by atoms with Gasteiger partial charge in [-0.3, -0.25) is 19.2 Å². The molecule has 7 nitrogen and oxygen atoms in total. The van der Waals surface area contributed by atoms with E-state index in [0.717, 1.165) is 18.9 Å². The molecule has 164 valence electrons. The van der Waals surface area contributed by atoms with E-state index >= 15 is 0 Å². The number of ketones is 1. The van der Waals surface area contributed by atoms with Crippen molar-refractivity contribution in [3.05, 3.63) is 48.0 Å². The third-order valence-electron chi connectivity index (χ3n) is 4.50. The Kier molecular flexibility index (Phi) is 11.1. The Morgan fingerprint density at radius 3 is 2.10 bits per heavy atom. The fraction of sp³-hybridized carbons (Fsp3) is 0.478. The maximum Gasteiger partial charge on any atom is 0.245 e. The number of nitrogens with one attached hydrogen (secondary N) is 1. The van der Waals surface area contributed by atoms with E-state index in [-0.39, 0.29) is 30.4 Å². The van der Waals surface area contributed by atoms with Gasteiger partial charge in [-0.15, -0.1) is 0 Å². The highest BCUT2D eigenvalue weighted by Gasteiger charge is 2.25. The number of allylic oxidation sites excluding steroid dienone is 1. The van der Waals surface area contributed by atoms with Gasteiger partial charge in [0.05, 0.1) is 0 Å². The molecule has 1 rings (SSSR count). The summed E-state index contributed by atoms with van der Waals surface area (Å²) in [5.74, 6) is -1.16. The molecular formula is C23H33N3O4. The first-order chi connectivity index (χ1) is 14.3. The fourth-order valence-corrected chi connectivity index (χ4v) is 2.91. The van der Waals surface area contributed by atoms with Crippen LogP contribution in [0.1, 0.15) is 49.9 Å². The molecule has 0 aliphatic rings. The van der Waals surface area contributed by atoms with Gasteiger partial charge in [0, 0.05) is 45.2 Å². The molecule has 0 aliphatic carbocycles. The Labute approximate surface area is 179 Å². The second-order valence-corrected chi connectivity index (χ2v) is 7.28. The Bertz CT molecular complexity index is 738. The van der Waals surface area contributed by atoms with Gasteiger partial charge in [-0.1, -0.05) is 44.2 Å². The second kappa shape index (κ2) is 13.3. The van der Waals surface area contributed by atoms with Gasteiger partial charge < -0.3 is 15.1 Å². The largest absolute Gasteiger partial charge is 0.349 e. The van der Waals surface area contributed by atoms with E-state index < -0.39 is 11.9 Å². The summed E-state index contributed by atoms with van der Waals surface area (Å²) >= 11 is 0. The number of hydrogen-bond donors (Lipinski definition) is 1. The highest BCUT2D eigenvalue weighted by atomic mass is 16.2. The molecule has 3 amide bonds. The van der Waals surface area contributed by atoms with Gasteiger partial charge in [0.25, 0.3) is 0 Å². The van der Waals surface area contributed by atoms with Gasteiger partial charge in [0.1, 0.15) is 6.04 Å². The molecule has 1 atom stereocenters. The van der Waals surface area contributed by atoms with E-state index in [0.29, 0.717) is 18.7 Å². The number of carbonyl (C=O) groups is 4. The molecule has 1 aromatic carbocycles. The van der Waals surface area contributed by atoms with E-state index in [2.05, 4.69) is 5.32 Å². The van der Waals surface area contributed by atoms with Gasteiger partial charge in [-0.05, 0) is 25.3 Å². The van der Waals surface area contributed by atoms with Crippen LogP contribution in [-0.2, 0) is 14.4 Å². The van der Waals surface area contributed by atoms with Crippen molar-refractivity contribution in [2.45, 2.75) is 45.6 Å². The summed E-state index contributed by atoms with van der Waals surface area (Å²) in [6.07, 6.45) is 4.26. The summed E-state index contributed by atoms with van der Waals surface area (Å²) < 4.78 is 0. The highest BCUT2D eigenvalue weighted by molar-refractivity contribution is 6.07. The summed E-state index contributed by atoms with van der Waals surface area (Å²) in [4.78, 5) is 52.7. The third-order valence-corrected chi connectivity index (χ3v) is 4.50. The lowest BCUT2D eigenvalue weighted by Crippen LogP contribution is -2.49.